The van der Waals surface area contributed by atoms with Crippen molar-refractivity contribution in [2.75, 3.05) is 12.0 Å². The maximum Gasteiger partial charge on any atom is 0.329 e. The maximum absolute atomic E-state index is 12.7. The quantitative estimate of drug-likeness (QED) is 0.169. The Kier molecular flexibility index (Phi) is 8.26. The van der Waals surface area contributed by atoms with Crippen molar-refractivity contribution in [2.24, 2.45) is 12.1 Å². The summed E-state index contributed by atoms with van der Waals surface area (Å²) in [5.74, 6) is 1.53. The fourth-order valence-electron chi connectivity index (χ4n) is 4.21. The zero-order valence-corrected chi connectivity index (χ0v) is 22.7. The van der Waals surface area contributed by atoms with Crippen molar-refractivity contribution in [1.82, 2.24) is 19.1 Å². The second-order valence-corrected chi connectivity index (χ2v) is 9.53. The van der Waals surface area contributed by atoms with Crippen molar-refractivity contribution in [3.63, 3.8) is 0 Å². The second kappa shape index (κ2) is 12.3. The van der Waals surface area contributed by atoms with E-state index in [2.05, 4.69) is 20.5 Å². The monoisotopic (exact) mass is 554 g/mol. The van der Waals surface area contributed by atoms with Crippen LogP contribution >= 0.6 is 0 Å². The molecule has 0 saturated carbocycles. The largest absolute Gasteiger partial charge is 0.491 e. The Bertz CT molecular complexity index is 1770. The number of aromatic nitrogens is 4. The molecule has 0 amide bonds. The van der Waals surface area contributed by atoms with Crippen LogP contribution in [0.1, 0.15) is 16.7 Å². The second-order valence-electron chi connectivity index (χ2n) is 9.53. The summed E-state index contributed by atoms with van der Waals surface area (Å²) in [5.41, 5.74) is 4.81. The standard InChI is InChI=1S/C30H30N6O5/c1-20-7-6-10-25(15-20)41-19-23(37)17-36-26-27(35(2)30(39)33-28(26)38)32-29(36)34-31-16-21-11-13-24(14-12-21)40-18-22-8-4-3-5-9-22/h3-16,23,37H,17-19H2,1-2H3,(H,32,34)(H,33,38,39). The molecule has 11 nitrogen and oxygen atoms in total. The summed E-state index contributed by atoms with van der Waals surface area (Å²) in [6.45, 7) is 2.36. The van der Waals surface area contributed by atoms with Crippen molar-refractivity contribution in [1.29, 1.82) is 0 Å². The smallest absolute Gasteiger partial charge is 0.329 e. The van der Waals surface area contributed by atoms with Gasteiger partial charge < -0.3 is 19.1 Å². The topological polar surface area (TPSA) is 136 Å². The summed E-state index contributed by atoms with van der Waals surface area (Å²) in [6.07, 6.45) is 0.600. The lowest BCUT2D eigenvalue weighted by molar-refractivity contribution is 0.0938. The number of aromatic amines is 1. The van der Waals surface area contributed by atoms with Crippen LogP contribution in [0.2, 0.25) is 0 Å². The van der Waals surface area contributed by atoms with Crippen LogP contribution in [0.15, 0.2) is 93.6 Å². The molecule has 5 aromatic rings. The van der Waals surface area contributed by atoms with Gasteiger partial charge in [-0.2, -0.15) is 10.1 Å². The van der Waals surface area contributed by atoms with Crippen molar-refractivity contribution in [2.45, 2.75) is 26.2 Å². The van der Waals surface area contributed by atoms with Crippen LogP contribution in [0, 0.1) is 6.92 Å². The third kappa shape index (κ3) is 6.71. The number of nitrogens with zero attached hydrogens (tertiary/aromatic N) is 4. The molecule has 3 N–H and O–H groups in total. The zero-order valence-electron chi connectivity index (χ0n) is 22.7. The number of aliphatic hydroxyl groups excluding tert-OH is 1. The summed E-state index contributed by atoms with van der Waals surface area (Å²) in [5, 5.41) is 15.0. The lowest BCUT2D eigenvalue weighted by atomic mass is 10.2. The molecule has 0 aliphatic rings. The molecule has 41 heavy (non-hydrogen) atoms. The van der Waals surface area contributed by atoms with Crippen molar-refractivity contribution < 1.29 is 14.6 Å². The average Bonchev–Trinajstić information content (AvgIpc) is 3.33. The number of aliphatic hydroxyl groups is 1. The van der Waals surface area contributed by atoms with Crippen LogP contribution < -0.4 is 26.1 Å². The third-order valence-electron chi connectivity index (χ3n) is 6.34. The summed E-state index contributed by atoms with van der Waals surface area (Å²) in [7, 11) is 1.50. The van der Waals surface area contributed by atoms with Gasteiger partial charge in [-0.05, 0) is 60.0 Å². The Morgan fingerprint density at radius 3 is 2.56 bits per heavy atom. The molecule has 0 aliphatic carbocycles. The molecule has 0 bridgehead atoms. The number of hydrazone groups is 1. The first-order valence-electron chi connectivity index (χ1n) is 13.0. The van der Waals surface area contributed by atoms with Gasteiger partial charge in [-0.25, -0.2) is 10.2 Å². The van der Waals surface area contributed by atoms with Gasteiger partial charge in [0.25, 0.3) is 5.56 Å². The Morgan fingerprint density at radius 1 is 1.02 bits per heavy atom. The van der Waals surface area contributed by atoms with E-state index in [1.165, 1.54) is 16.2 Å². The number of benzene rings is 3. The fourth-order valence-corrected chi connectivity index (χ4v) is 4.21. The van der Waals surface area contributed by atoms with Gasteiger partial charge in [-0.1, -0.05) is 42.5 Å². The van der Waals surface area contributed by atoms with E-state index in [4.69, 9.17) is 9.47 Å². The van der Waals surface area contributed by atoms with Gasteiger partial charge in [0, 0.05) is 7.05 Å². The maximum atomic E-state index is 12.7. The number of rotatable bonds is 11. The summed E-state index contributed by atoms with van der Waals surface area (Å²) >= 11 is 0. The van der Waals surface area contributed by atoms with E-state index in [1.807, 2.05) is 79.7 Å². The first kappa shape index (κ1) is 27.4. The average molecular weight is 555 g/mol. The molecule has 3 aromatic carbocycles. The van der Waals surface area contributed by atoms with Crippen molar-refractivity contribution in [3.8, 4) is 11.5 Å². The number of anilines is 1. The lowest BCUT2D eigenvalue weighted by Crippen LogP contribution is -2.30. The molecule has 2 heterocycles. The zero-order chi connectivity index (χ0) is 28.8. The number of nitrogens with one attached hydrogen (secondary N) is 2. The highest BCUT2D eigenvalue weighted by atomic mass is 16.5. The Labute approximate surface area is 235 Å². The number of imidazole rings is 1. The van der Waals surface area contributed by atoms with E-state index in [9.17, 15) is 14.7 Å². The number of hydrogen-bond donors (Lipinski definition) is 3. The van der Waals surface area contributed by atoms with Gasteiger partial charge in [0.05, 0.1) is 12.8 Å². The SMILES string of the molecule is Cc1cccc(OCC(O)Cn2c(NN=Cc3ccc(OCc4ccccc4)cc3)nc3c2c(=O)[nH]c(=O)n3C)c1. The van der Waals surface area contributed by atoms with Gasteiger partial charge in [-0.3, -0.25) is 14.3 Å². The highest BCUT2D eigenvalue weighted by Crippen LogP contribution is 2.18. The Morgan fingerprint density at radius 2 is 1.80 bits per heavy atom. The predicted molar refractivity (Wildman–Crippen MR) is 157 cm³/mol. The van der Waals surface area contributed by atoms with Gasteiger partial charge in [0.2, 0.25) is 5.95 Å². The molecular formula is C30H30N6O5. The minimum Gasteiger partial charge on any atom is -0.491 e. The number of hydrogen-bond acceptors (Lipinski definition) is 8. The molecule has 1 unspecified atom stereocenters. The number of ether oxygens (including phenoxy) is 2. The molecule has 0 radical (unpaired) electrons. The van der Waals surface area contributed by atoms with E-state index in [0.717, 1.165) is 22.4 Å². The van der Waals surface area contributed by atoms with E-state index < -0.39 is 17.4 Å². The molecular weight excluding hydrogens is 524 g/mol. The summed E-state index contributed by atoms with van der Waals surface area (Å²) in [4.78, 5) is 31.6. The molecule has 2 aromatic heterocycles. The van der Waals surface area contributed by atoms with Crippen molar-refractivity contribution in [3.05, 3.63) is 116 Å². The van der Waals surface area contributed by atoms with E-state index in [1.54, 1.807) is 12.3 Å². The number of H-pyrrole nitrogens is 1. The van der Waals surface area contributed by atoms with Gasteiger partial charge in [-0.15, -0.1) is 0 Å². The molecule has 210 valence electrons. The fraction of sp³-hybridized carbons (Fsp3) is 0.200. The number of fused-ring (bicyclic) bond motifs is 1. The first-order chi connectivity index (χ1) is 19.9. The summed E-state index contributed by atoms with van der Waals surface area (Å²) < 4.78 is 14.3. The highest BCUT2D eigenvalue weighted by Gasteiger charge is 2.20. The van der Waals surface area contributed by atoms with Crippen LogP contribution in [-0.4, -0.2) is 43.1 Å². The molecule has 1 atom stereocenters. The highest BCUT2D eigenvalue weighted by molar-refractivity contribution is 5.80. The molecule has 0 saturated heterocycles. The van der Waals surface area contributed by atoms with Crippen LogP contribution in [-0.2, 0) is 20.2 Å². The van der Waals surface area contributed by atoms with Crippen LogP contribution in [0.4, 0.5) is 5.95 Å². The normalized spacial score (nSPS) is 12.1. The Balaban J connectivity index is 1.31. The van der Waals surface area contributed by atoms with E-state index in [-0.39, 0.29) is 30.3 Å². The number of aryl methyl sites for hydroxylation is 2. The van der Waals surface area contributed by atoms with Crippen LogP contribution in [0.3, 0.4) is 0 Å². The van der Waals surface area contributed by atoms with Crippen molar-refractivity contribution >= 4 is 23.3 Å². The molecule has 0 aliphatic heterocycles. The minimum absolute atomic E-state index is 0.0196. The van der Waals surface area contributed by atoms with Crippen LogP contribution in [0.5, 0.6) is 11.5 Å². The molecule has 0 fully saturated rings. The van der Waals surface area contributed by atoms with E-state index >= 15 is 0 Å². The molecule has 0 spiro atoms. The lowest BCUT2D eigenvalue weighted by Gasteiger charge is -2.15. The summed E-state index contributed by atoms with van der Waals surface area (Å²) in [6, 6.07) is 24.8. The van der Waals surface area contributed by atoms with E-state index in [0.29, 0.717) is 12.4 Å². The third-order valence-corrected chi connectivity index (χ3v) is 6.34. The molecule has 5 rings (SSSR count). The van der Waals surface area contributed by atoms with Gasteiger partial charge in [0.1, 0.15) is 30.8 Å². The Hall–Kier alpha value is -5.16. The first-order valence-corrected chi connectivity index (χ1v) is 13.0. The van der Waals surface area contributed by atoms with Gasteiger partial charge >= 0.3 is 5.69 Å². The molecule has 11 heteroatoms. The van der Waals surface area contributed by atoms with Crippen LogP contribution in [0.25, 0.3) is 11.2 Å². The van der Waals surface area contributed by atoms with Gasteiger partial charge in [0.15, 0.2) is 11.2 Å². The predicted octanol–water partition coefficient (Wildman–Crippen LogP) is 3.20. The minimum atomic E-state index is -0.988.